The van der Waals surface area contributed by atoms with Gasteiger partial charge >= 0.3 is 0 Å². The highest BCUT2D eigenvalue weighted by Crippen LogP contribution is 2.28. The average Bonchev–Trinajstić information content (AvgIpc) is 2.95. The molecule has 2 aromatic heterocycles. The third-order valence-electron chi connectivity index (χ3n) is 4.83. The number of nitrogens with zero attached hydrogens (tertiary/aromatic N) is 4. The van der Waals surface area contributed by atoms with Gasteiger partial charge in [-0.05, 0) is 31.3 Å². The Balaban J connectivity index is 1.77. The molecule has 1 saturated heterocycles. The summed E-state index contributed by atoms with van der Waals surface area (Å²) in [5.41, 5.74) is 11.1. The Labute approximate surface area is 156 Å². The SMILES string of the molecule is CN1CCN(Cc2c(-c3ccc(Br)cc3)nc3ccc(N)cn23)CC1. The van der Waals surface area contributed by atoms with Crippen LogP contribution in [0.25, 0.3) is 16.9 Å². The Hall–Kier alpha value is -1.89. The smallest absolute Gasteiger partial charge is 0.137 e. The molecule has 6 heteroatoms. The fourth-order valence-electron chi connectivity index (χ4n) is 3.32. The van der Waals surface area contributed by atoms with Gasteiger partial charge in [0.15, 0.2) is 0 Å². The molecule has 25 heavy (non-hydrogen) atoms. The van der Waals surface area contributed by atoms with E-state index in [0.717, 1.165) is 59.8 Å². The maximum absolute atomic E-state index is 6.04. The van der Waals surface area contributed by atoms with Crippen LogP contribution in [0.5, 0.6) is 0 Å². The number of aromatic nitrogens is 2. The molecule has 130 valence electrons. The topological polar surface area (TPSA) is 49.8 Å². The van der Waals surface area contributed by atoms with Crippen LogP contribution in [-0.4, -0.2) is 52.4 Å². The van der Waals surface area contributed by atoms with Crippen LogP contribution in [-0.2, 0) is 6.54 Å². The zero-order valence-electron chi connectivity index (χ0n) is 14.3. The number of halogens is 1. The van der Waals surface area contributed by atoms with Crippen LogP contribution in [0.3, 0.4) is 0 Å². The molecule has 1 fully saturated rings. The first-order valence-electron chi connectivity index (χ1n) is 8.53. The van der Waals surface area contributed by atoms with Crippen molar-refractivity contribution in [1.82, 2.24) is 19.2 Å². The third kappa shape index (κ3) is 3.42. The minimum atomic E-state index is 0.756. The van der Waals surface area contributed by atoms with Crippen LogP contribution < -0.4 is 5.73 Å². The largest absolute Gasteiger partial charge is 0.398 e. The fourth-order valence-corrected chi connectivity index (χ4v) is 3.58. The minimum absolute atomic E-state index is 0.756. The van der Waals surface area contributed by atoms with Crippen molar-refractivity contribution in [1.29, 1.82) is 0 Å². The highest BCUT2D eigenvalue weighted by molar-refractivity contribution is 9.10. The molecule has 5 nitrogen and oxygen atoms in total. The zero-order chi connectivity index (χ0) is 17.4. The molecular formula is C19H22BrN5. The van der Waals surface area contributed by atoms with Gasteiger partial charge in [-0.2, -0.15) is 0 Å². The number of pyridine rings is 1. The van der Waals surface area contributed by atoms with E-state index < -0.39 is 0 Å². The number of hydrogen-bond donors (Lipinski definition) is 1. The summed E-state index contributed by atoms with van der Waals surface area (Å²) in [7, 11) is 2.18. The van der Waals surface area contributed by atoms with E-state index in [0.29, 0.717) is 0 Å². The quantitative estimate of drug-likeness (QED) is 0.734. The standard InChI is InChI=1S/C19H22BrN5/c1-23-8-10-24(11-9-23)13-17-19(14-2-4-15(20)5-3-14)22-18-7-6-16(21)12-25(17)18/h2-7,12H,8-11,13,21H2,1H3. The predicted molar refractivity (Wildman–Crippen MR) is 106 cm³/mol. The molecule has 0 spiro atoms. The molecule has 0 saturated carbocycles. The summed E-state index contributed by atoms with van der Waals surface area (Å²) >= 11 is 3.51. The Kier molecular flexibility index (Phi) is 4.50. The molecule has 0 aliphatic carbocycles. The highest BCUT2D eigenvalue weighted by atomic mass is 79.9. The molecule has 3 heterocycles. The van der Waals surface area contributed by atoms with E-state index in [2.05, 4.69) is 61.4 Å². The van der Waals surface area contributed by atoms with Crippen LogP contribution in [0.1, 0.15) is 5.69 Å². The first-order chi connectivity index (χ1) is 12.1. The summed E-state index contributed by atoms with van der Waals surface area (Å²) in [6.07, 6.45) is 1.98. The number of likely N-dealkylation sites (N-methyl/N-ethyl adjacent to an activating group) is 1. The first kappa shape index (κ1) is 16.6. The molecule has 0 radical (unpaired) electrons. The van der Waals surface area contributed by atoms with Crippen molar-refractivity contribution < 1.29 is 0 Å². The predicted octanol–water partition coefficient (Wildman–Crippen LogP) is 3.09. The number of hydrogen-bond acceptors (Lipinski definition) is 4. The molecule has 0 atom stereocenters. The Morgan fingerprint density at radius 2 is 1.76 bits per heavy atom. The van der Waals surface area contributed by atoms with Crippen molar-refractivity contribution in [3.8, 4) is 11.3 Å². The van der Waals surface area contributed by atoms with Crippen molar-refractivity contribution in [2.45, 2.75) is 6.54 Å². The third-order valence-corrected chi connectivity index (χ3v) is 5.36. The summed E-state index contributed by atoms with van der Waals surface area (Å²) < 4.78 is 3.22. The van der Waals surface area contributed by atoms with E-state index in [1.807, 2.05) is 18.3 Å². The van der Waals surface area contributed by atoms with E-state index in [9.17, 15) is 0 Å². The lowest BCUT2D eigenvalue weighted by Gasteiger charge is -2.32. The van der Waals surface area contributed by atoms with E-state index in [1.165, 1.54) is 5.69 Å². The second-order valence-electron chi connectivity index (χ2n) is 6.68. The van der Waals surface area contributed by atoms with Crippen LogP contribution in [0.15, 0.2) is 47.1 Å². The number of benzene rings is 1. The van der Waals surface area contributed by atoms with Crippen molar-refractivity contribution in [3.05, 3.63) is 52.8 Å². The second-order valence-corrected chi connectivity index (χ2v) is 7.60. The lowest BCUT2D eigenvalue weighted by Crippen LogP contribution is -2.44. The van der Waals surface area contributed by atoms with Crippen molar-refractivity contribution in [3.63, 3.8) is 0 Å². The van der Waals surface area contributed by atoms with Gasteiger partial charge in [0.2, 0.25) is 0 Å². The fraction of sp³-hybridized carbons (Fsp3) is 0.316. The van der Waals surface area contributed by atoms with Crippen LogP contribution in [0.2, 0.25) is 0 Å². The molecule has 0 bridgehead atoms. The Bertz CT molecular complexity index is 879. The van der Waals surface area contributed by atoms with E-state index in [1.54, 1.807) is 0 Å². The van der Waals surface area contributed by atoms with Gasteiger partial charge in [0.25, 0.3) is 0 Å². The van der Waals surface area contributed by atoms with Crippen LogP contribution >= 0.6 is 15.9 Å². The van der Waals surface area contributed by atoms with Gasteiger partial charge in [0.05, 0.1) is 11.4 Å². The van der Waals surface area contributed by atoms with Gasteiger partial charge < -0.3 is 15.0 Å². The van der Waals surface area contributed by atoms with Crippen molar-refractivity contribution in [2.75, 3.05) is 39.0 Å². The number of fused-ring (bicyclic) bond motifs is 1. The number of nitrogen functional groups attached to an aromatic ring is 1. The first-order valence-corrected chi connectivity index (χ1v) is 9.33. The molecule has 1 aromatic carbocycles. The molecule has 2 N–H and O–H groups in total. The van der Waals surface area contributed by atoms with E-state index in [-0.39, 0.29) is 0 Å². The van der Waals surface area contributed by atoms with Gasteiger partial charge in [0, 0.05) is 54.6 Å². The Morgan fingerprint density at radius 1 is 1.04 bits per heavy atom. The molecular weight excluding hydrogens is 378 g/mol. The number of nitrogens with two attached hydrogens (primary N) is 1. The number of piperazine rings is 1. The summed E-state index contributed by atoms with van der Waals surface area (Å²) in [4.78, 5) is 9.76. The van der Waals surface area contributed by atoms with Crippen LogP contribution in [0.4, 0.5) is 5.69 Å². The van der Waals surface area contributed by atoms with Gasteiger partial charge in [-0.25, -0.2) is 4.98 Å². The molecule has 0 amide bonds. The molecule has 3 aromatic rings. The average molecular weight is 400 g/mol. The lowest BCUT2D eigenvalue weighted by atomic mass is 10.1. The molecule has 1 aliphatic heterocycles. The van der Waals surface area contributed by atoms with E-state index in [4.69, 9.17) is 10.7 Å². The lowest BCUT2D eigenvalue weighted by molar-refractivity contribution is 0.147. The maximum Gasteiger partial charge on any atom is 0.137 e. The normalized spacial score (nSPS) is 16.6. The monoisotopic (exact) mass is 399 g/mol. The van der Waals surface area contributed by atoms with Crippen LogP contribution in [0, 0.1) is 0 Å². The highest BCUT2D eigenvalue weighted by Gasteiger charge is 2.20. The summed E-state index contributed by atoms with van der Waals surface area (Å²) in [5.74, 6) is 0. The zero-order valence-corrected chi connectivity index (χ0v) is 15.9. The molecule has 0 unspecified atom stereocenters. The van der Waals surface area contributed by atoms with Gasteiger partial charge in [-0.15, -0.1) is 0 Å². The van der Waals surface area contributed by atoms with E-state index >= 15 is 0 Å². The Morgan fingerprint density at radius 3 is 2.48 bits per heavy atom. The summed E-state index contributed by atoms with van der Waals surface area (Å²) in [6.45, 7) is 5.24. The van der Waals surface area contributed by atoms with Crippen molar-refractivity contribution >= 4 is 27.3 Å². The minimum Gasteiger partial charge on any atom is -0.398 e. The maximum atomic E-state index is 6.04. The van der Waals surface area contributed by atoms with Crippen molar-refractivity contribution in [2.24, 2.45) is 0 Å². The molecule has 4 rings (SSSR count). The molecule has 1 aliphatic rings. The number of imidazole rings is 1. The van der Waals surface area contributed by atoms with Gasteiger partial charge in [-0.3, -0.25) is 4.90 Å². The van der Waals surface area contributed by atoms with Gasteiger partial charge in [-0.1, -0.05) is 28.1 Å². The number of anilines is 1. The second kappa shape index (κ2) is 6.78. The summed E-state index contributed by atoms with van der Waals surface area (Å²) in [5, 5.41) is 0. The van der Waals surface area contributed by atoms with Gasteiger partial charge in [0.1, 0.15) is 5.65 Å². The number of rotatable bonds is 3. The summed E-state index contributed by atoms with van der Waals surface area (Å²) in [6, 6.07) is 12.3.